The molecule has 0 fully saturated rings. The van der Waals surface area contributed by atoms with Crippen molar-refractivity contribution in [1.82, 2.24) is 28.7 Å². The second kappa shape index (κ2) is 35.1. The second-order valence-corrected chi connectivity index (χ2v) is 39.9. The minimum atomic E-state index is -2.14. The summed E-state index contributed by atoms with van der Waals surface area (Å²) in [4.78, 5) is 90.5. The Labute approximate surface area is 617 Å². The lowest BCUT2D eigenvalue weighted by Gasteiger charge is -2.38. The number of halogens is 7. The number of fused-ring (bicyclic) bond motifs is 3. The second-order valence-electron chi connectivity index (χ2n) is 29.8. The van der Waals surface area contributed by atoms with Crippen molar-refractivity contribution in [3.8, 4) is 11.5 Å². The van der Waals surface area contributed by atoms with Gasteiger partial charge in [0.05, 0.1) is 67.3 Å². The Morgan fingerprint density at radius 3 is 1.09 bits per heavy atom. The Kier molecular flexibility index (Phi) is 28.7. The minimum Gasteiger partial charge on any atom is -0.483 e. The maximum Gasteiger partial charge on any atom is 0.343 e. The fourth-order valence-electron chi connectivity index (χ4n) is 10.7. The maximum atomic E-state index is 14.2. The highest BCUT2D eigenvalue weighted by Crippen LogP contribution is 2.40. The standard InChI is InChI=1S/C30H39F3N2O5Si.C24H37BrN2O4Si.C22H21F3N2O5/c1-10-38-29(37)22-14-35(25(17(2)3)16-40-41(8,9)30(5,6)7)28-21(26(22)36)11-19(18(4)34-28)15-39-27-23(32)12-20(31)13-24(27)33;1-10-30-23(29)19-13-27(20(15(2)3)14-31-32(8,9)24(5,6)7)22-18(21(19)28)11-17(12-25)16(4)26-22;1-10(2)18(8-28)27-7-15(22(30)31)19(29)14-4-12(11(3)26-21(14)27)9-32-20-16(24)5-13(23)6-17(20)25/h11-14,17,25H,10,15-16H2,1-9H3;11,13,15,20H,10,12,14H2,1-9H3;4-7,10,18,28H,8-9H2,1-3H3,(H,30,31)/t25-;20-;18-/m111/s1. The fourth-order valence-corrected chi connectivity index (χ4v) is 13.3. The van der Waals surface area contributed by atoms with E-state index < -0.39 is 110 Å². The summed E-state index contributed by atoms with van der Waals surface area (Å²) in [5.74, 6) is -11.2. The lowest BCUT2D eigenvalue weighted by Crippen LogP contribution is -2.42. The van der Waals surface area contributed by atoms with Crippen LogP contribution in [0.1, 0.15) is 180 Å². The molecule has 3 atom stereocenters. The van der Waals surface area contributed by atoms with Gasteiger partial charge in [-0.25, -0.2) is 55.7 Å². The van der Waals surface area contributed by atoms with Crippen molar-refractivity contribution in [3.63, 3.8) is 0 Å². The maximum absolute atomic E-state index is 14.2. The predicted octanol–water partition coefficient (Wildman–Crippen LogP) is 16.7. The van der Waals surface area contributed by atoms with Crippen LogP contribution in [0.3, 0.4) is 0 Å². The van der Waals surface area contributed by atoms with Gasteiger partial charge >= 0.3 is 17.9 Å². The molecule has 0 saturated carbocycles. The number of carbonyl (C=O) groups excluding carboxylic acids is 2. The highest BCUT2D eigenvalue weighted by molar-refractivity contribution is 9.08. The van der Waals surface area contributed by atoms with Gasteiger partial charge in [0.15, 0.2) is 51.4 Å². The molecule has 0 radical (unpaired) electrons. The average molecular weight is 1570 g/mol. The zero-order valence-corrected chi connectivity index (χ0v) is 67.1. The molecular weight excluding hydrogens is 1470 g/mol. The number of benzene rings is 2. The van der Waals surface area contributed by atoms with Crippen molar-refractivity contribution in [2.75, 3.05) is 33.0 Å². The Morgan fingerprint density at radius 2 is 0.800 bits per heavy atom. The number of alkyl halides is 1. The van der Waals surface area contributed by atoms with Gasteiger partial charge in [-0.05, 0) is 112 Å². The molecule has 0 amide bonds. The lowest BCUT2D eigenvalue weighted by atomic mass is 10.0. The van der Waals surface area contributed by atoms with E-state index in [0.29, 0.717) is 76.4 Å². The van der Waals surface area contributed by atoms with Gasteiger partial charge in [-0.15, -0.1) is 0 Å². The number of hydrogen-bond donors (Lipinski definition) is 2. The monoisotopic (exact) mass is 1570 g/mol. The van der Waals surface area contributed by atoms with Crippen LogP contribution >= 0.6 is 15.9 Å². The number of rotatable bonds is 25. The average Bonchev–Trinajstić information content (AvgIpc) is 0.767. The van der Waals surface area contributed by atoms with E-state index in [0.717, 1.165) is 17.5 Å². The number of carbonyl (C=O) groups is 3. The first-order chi connectivity index (χ1) is 48.8. The molecule has 8 aromatic rings. The van der Waals surface area contributed by atoms with Crippen LogP contribution in [-0.2, 0) is 36.9 Å². The first-order valence-electron chi connectivity index (χ1n) is 34.5. The smallest absolute Gasteiger partial charge is 0.343 e. The number of nitrogens with zero attached hydrogens (tertiary/aromatic N) is 6. The van der Waals surface area contributed by atoms with Crippen LogP contribution in [0.2, 0.25) is 36.3 Å². The number of esters is 2. The molecule has 29 heteroatoms. The number of ether oxygens (including phenoxy) is 4. The third-order valence-corrected chi connectivity index (χ3v) is 29.0. The number of aliphatic hydroxyl groups excluding tert-OH is 1. The van der Waals surface area contributed by atoms with E-state index in [-0.39, 0.29) is 105 Å². The summed E-state index contributed by atoms with van der Waals surface area (Å²) in [5, 5.41) is 20.4. The number of aliphatic hydroxyl groups is 1. The van der Waals surface area contributed by atoms with E-state index >= 15 is 0 Å². The summed E-state index contributed by atoms with van der Waals surface area (Å²) in [6.45, 7) is 42.4. The first-order valence-corrected chi connectivity index (χ1v) is 41.4. The summed E-state index contributed by atoms with van der Waals surface area (Å²) in [7, 11) is -4.13. The van der Waals surface area contributed by atoms with Crippen LogP contribution in [0, 0.1) is 73.4 Å². The molecule has 572 valence electrons. The first kappa shape index (κ1) is 85.8. The number of carboxylic acid groups (broad SMARTS) is 1. The Morgan fingerprint density at radius 1 is 0.505 bits per heavy atom. The third kappa shape index (κ3) is 19.9. The fraction of sp³-hybridized carbons (Fsp3) is 0.487. The quantitative estimate of drug-likeness (QED) is 0.0233. The van der Waals surface area contributed by atoms with Crippen molar-refractivity contribution in [3.05, 3.63) is 177 Å². The molecule has 0 aliphatic carbocycles. The van der Waals surface area contributed by atoms with Crippen LogP contribution in [0.15, 0.2) is 75.4 Å². The molecule has 0 aliphatic heterocycles. The molecule has 6 aromatic heterocycles. The van der Waals surface area contributed by atoms with E-state index in [1.54, 1.807) is 38.5 Å². The van der Waals surface area contributed by atoms with E-state index in [1.807, 2.05) is 45.3 Å². The van der Waals surface area contributed by atoms with Crippen LogP contribution in [0.4, 0.5) is 26.3 Å². The van der Waals surface area contributed by atoms with E-state index in [9.17, 15) is 65.3 Å². The highest BCUT2D eigenvalue weighted by atomic mass is 79.9. The van der Waals surface area contributed by atoms with Gasteiger partial charge in [0.2, 0.25) is 16.3 Å². The van der Waals surface area contributed by atoms with Crippen LogP contribution in [0.25, 0.3) is 33.1 Å². The minimum absolute atomic E-state index is 0.0244. The molecule has 6 heterocycles. The number of hydrogen-bond acceptors (Lipinski definition) is 16. The Bertz CT molecular complexity index is 4680. The molecule has 105 heavy (non-hydrogen) atoms. The largest absolute Gasteiger partial charge is 0.483 e. The normalized spacial score (nSPS) is 13.0. The van der Waals surface area contributed by atoms with Crippen LogP contribution in [-0.4, -0.2) is 106 Å². The van der Waals surface area contributed by atoms with Crippen LogP contribution in [0.5, 0.6) is 11.5 Å². The Hall–Kier alpha value is -8.10. The summed E-state index contributed by atoms with van der Waals surface area (Å²) in [5.41, 5.74) is 1.91. The zero-order chi connectivity index (χ0) is 79.0. The van der Waals surface area contributed by atoms with E-state index in [1.165, 1.54) is 22.9 Å². The molecule has 0 spiro atoms. The van der Waals surface area contributed by atoms with Gasteiger partial charge in [0.1, 0.15) is 58.5 Å². The van der Waals surface area contributed by atoms with Crippen molar-refractivity contribution < 1.29 is 78.7 Å². The van der Waals surface area contributed by atoms with Crippen molar-refractivity contribution in [1.29, 1.82) is 0 Å². The molecule has 0 aliphatic rings. The molecular formula is C76H97BrF6N6O14Si2. The topological polar surface area (TPSA) is 252 Å². The molecule has 8 rings (SSSR count). The lowest BCUT2D eigenvalue weighted by molar-refractivity contribution is 0.0514. The highest BCUT2D eigenvalue weighted by Gasteiger charge is 2.40. The molecule has 20 nitrogen and oxygen atoms in total. The molecule has 2 N–H and O–H groups in total. The molecule has 2 aromatic carbocycles. The number of aryl methyl sites for hydroxylation is 3. The van der Waals surface area contributed by atoms with Crippen molar-refractivity contribution in [2.24, 2.45) is 17.8 Å². The Balaban J connectivity index is 0.000000250. The summed E-state index contributed by atoms with van der Waals surface area (Å²) in [6.07, 6.45) is 4.25. The van der Waals surface area contributed by atoms with Gasteiger partial charge in [0.25, 0.3) is 0 Å². The number of carboxylic acids is 1. The number of aromatic carboxylic acids is 1. The van der Waals surface area contributed by atoms with Crippen molar-refractivity contribution in [2.45, 2.75) is 191 Å². The zero-order valence-electron chi connectivity index (χ0n) is 63.5. The number of aromatic nitrogens is 6. The van der Waals surface area contributed by atoms with Crippen molar-refractivity contribution >= 4 is 83.6 Å². The van der Waals surface area contributed by atoms with Gasteiger partial charge in [-0.1, -0.05) is 99.0 Å². The third-order valence-electron chi connectivity index (χ3n) is 19.3. The van der Waals surface area contributed by atoms with Gasteiger partial charge in [0, 0.05) is 76.4 Å². The summed E-state index contributed by atoms with van der Waals surface area (Å²) >= 11 is 3.47. The summed E-state index contributed by atoms with van der Waals surface area (Å²) < 4.78 is 122. The molecule has 0 saturated heterocycles. The van der Waals surface area contributed by atoms with E-state index in [2.05, 4.69) is 107 Å². The van der Waals surface area contributed by atoms with Gasteiger partial charge in [-0.3, -0.25) is 14.4 Å². The van der Waals surface area contributed by atoms with E-state index in [4.69, 9.17) is 32.8 Å². The number of pyridine rings is 6. The van der Waals surface area contributed by atoms with Crippen LogP contribution < -0.4 is 25.8 Å². The SMILES string of the molecule is CCOC(=O)c1cn([C@H](CO[Si](C)(C)C(C)(C)C)C(C)C)c2nc(C)c(CBr)cc2c1=O.CCOC(=O)c1cn([C@H](CO[Si](C)(C)C(C)(C)C)C(C)C)c2nc(C)c(COc3c(F)cc(F)cc3F)cc2c1=O.Cc1nc2c(cc1COc1c(F)cc(F)cc1F)c(=O)c(C(=O)O)cn2[C@H](CO)C(C)C. The predicted molar refractivity (Wildman–Crippen MR) is 400 cm³/mol. The van der Waals surface area contributed by atoms with Gasteiger partial charge < -0.3 is 51.7 Å². The molecule has 0 bridgehead atoms. The summed E-state index contributed by atoms with van der Waals surface area (Å²) in [6, 6.07) is 5.75. The van der Waals surface area contributed by atoms with Gasteiger partial charge in [-0.2, -0.15) is 0 Å². The molecule has 0 unspecified atom stereocenters.